The van der Waals surface area contributed by atoms with Gasteiger partial charge in [-0.25, -0.2) is 0 Å². The number of piperidine rings is 1. The molecule has 36 heavy (non-hydrogen) atoms. The highest BCUT2D eigenvalue weighted by Crippen LogP contribution is 2.50. The molecule has 2 aromatic heterocycles. The number of ether oxygens (including phenoxy) is 1. The number of benzene rings is 1. The third kappa shape index (κ3) is 4.06. The summed E-state index contributed by atoms with van der Waals surface area (Å²) in [5, 5.41) is 4.19. The highest BCUT2D eigenvalue weighted by molar-refractivity contribution is 7.19. The van der Waals surface area contributed by atoms with Gasteiger partial charge in [0, 0.05) is 41.2 Å². The number of hydrogen-bond donors (Lipinski definition) is 1. The summed E-state index contributed by atoms with van der Waals surface area (Å²) in [6.07, 6.45) is 3.37. The van der Waals surface area contributed by atoms with Crippen molar-refractivity contribution in [3.63, 3.8) is 0 Å². The number of rotatable bonds is 5. The number of thiophene rings is 1. The van der Waals surface area contributed by atoms with Crippen molar-refractivity contribution in [2.45, 2.75) is 58.3 Å². The van der Waals surface area contributed by atoms with Crippen LogP contribution in [0.4, 0.5) is 0 Å². The molecule has 4 atom stereocenters. The second-order valence-electron chi connectivity index (χ2n) is 11.0. The number of nitrogens with zero attached hydrogens (tertiary/aromatic N) is 2. The third-order valence-electron chi connectivity index (χ3n) is 7.70. The fourth-order valence-corrected chi connectivity index (χ4v) is 7.24. The van der Waals surface area contributed by atoms with Crippen molar-refractivity contribution in [2.24, 2.45) is 11.8 Å². The first-order chi connectivity index (χ1) is 17.1. The van der Waals surface area contributed by atoms with Crippen LogP contribution in [0.3, 0.4) is 0 Å². The molecule has 2 unspecified atom stereocenters. The van der Waals surface area contributed by atoms with Gasteiger partial charge in [-0.2, -0.15) is 0 Å². The van der Waals surface area contributed by atoms with E-state index in [1.165, 1.54) is 10.5 Å². The number of aryl methyl sites for hydroxylation is 1. The first-order valence-corrected chi connectivity index (χ1v) is 13.8. The number of carbonyl (C=O) groups excluding carboxylic acids is 2. The van der Waals surface area contributed by atoms with E-state index in [2.05, 4.69) is 31.1 Å². The van der Waals surface area contributed by atoms with Gasteiger partial charge >= 0.3 is 0 Å². The molecular formula is C28H30ClN3O3S. The van der Waals surface area contributed by atoms with Crippen LogP contribution in [0.25, 0.3) is 21.3 Å². The molecule has 2 saturated heterocycles. The minimum atomic E-state index is -0.297. The van der Waals surface area contributed by atoms with Crippen LogP contribution in [-0.4, -0.2) is 46.5 Å². The summed E-state index contributed by atoms with van der Waals surface area (Å²) in [6.45, 7) is 9.90. The number of pyridine rings is 1. The van der Waals surface area contributed by atoms with Crippen LogP contribution in [0, 0.1) is 18.8 Å². The molecule has 1 saturated carbocycles. The van der Waals surface area contributed by atoms with E-state index >= 15 is 0 Å². The zero-order valence-corrected chi connectivity index (χ0v) is 22.5. The second-order valence-corrected chi connectivity index (χ2v) is 12.5. The van der Waals surface area contributed by atoms with Gasteiger partial charge in [0.25, 0.3) is 0 Å². The molecule has 0 spiro atoms. The lowest BCUT2D eigenvalue weighted by atomic mass is 9.91. The molecule has 1 N–H and O–H groups in total. The standard InChI is InChI=1S/C28H30ClN3O3S/c1-14-7-16(29)8-20(19(14)9-17-12-30-13-28(3,4)35-17)18-5-6-31-23-11-24(36-25(18)23)15(2)32-26(33)21-10-22(21)27(32)34/h5-8,11,15,17,21-22,30H,9-10,12-13H2,1-4H3/t15-,17+,21?,22?/m0/s1. The number of halogens is 1. The van der Waals surface area contributed by atoms with Crippen molar-refractivity contribution >= 4 is 45.0 Å². The second kappa shape index (κ2) is 8.62. The van der Waals surface area contributed by atoms with E-state index in [9.17, 15) is 9.59 Å². The lowest BCUT2D eigenvalue weighted by Crippen LogP contribution is -2.51. The van der Waals surface area contributed by atoms with Crippen LogP contribution < -0.4 is 5.32 Å². The molecule has 1 aliphatic carbocycles. The summed E-state index contributed by atoms with van der Waals surface area (Å²) >= 11 is 8.17. The number of nitrogens with one attached hydrogen (secondary N) is 1. The van der Waals surface area contributed by atoms with E-state index in [1.54, 1.807) is 11.3 Å². The number of amides is 2. The summed E-state index contributed by atoms with van der Waals surface area (Å²) in [6, 6.07) is 7.80. The molecule has 3 aliphatic rings. The summed E-state index contributed by atoms with van der Waals surface area (Å²) in [5.74, 6) is -0.247. The average molecular weight is 524 g/mol. The first kappa shape index (κ1) is 24.0. The number of fused-ring (bicyclic) bond motifs is 2. The van der Waals surface area contributed by atoms with Gasteiger partial charge in [0.05, 0.1) is 39.8 Å². The number of carbonyl (C=O) groups is 2. The minimum Gasteiger partial charge on any atom is -0.369 e. The topological polar surface area (TPSA) is 71.5 Å². The quantitative estimate of drug-likeness (QED) is 0.459. The molecule has 8 heteroatoms. The minimum absolute atomic E-state index is 0.0279. The number of aromatic nitrogens is 1. The Hall–Kier alpha value is -2.32. The lowest BCUT2D eigenvalue weighted by Gasteiger charge is -2.37. The van der Waals surface area contributed by atoms with E-state index in [0.29, 0.717) is 11.4 Å². The Kier molecular flexibility index (Phi) is 5.76. The number of morpholine rings is 1. The smallest absolute Gasteiger partial charge is 0.233 e. The fraction of sp³-hybridized carbons (Fsp3) is 0.464. The Morgan fingerprint density at radius 1 is 1.22 bits per heavy atom. The summed E-state index contributed by atoms with van der Waals surface area (Å²) < 4.78 is 7.43. The predicted octanol–water partition coefficient (Wildman–Crippen LogP) is 5.30. The van der Waals surface area contributed by atoms with Gasteiger partial charge in [-0.3, -0.25) is 19.5 Å². The largest absolute Gasteiger partial charge is 0.369 e. The van der Waals surface area contributed by atoms with Gasteiger partial charge in [0.15, 0.2) is 0 Å². The molecule has 0 radical (unpaired) electrons. The molecule has 0 bridgehead atoms. The van der Waals surface area contributed by atoms with E-state index < -0.39 is 0 Å². The molecule has 2 aliphatic heterocycles. The predicted molar refractivity (Wildman–Crippen MR) is 142 cm³/mol. The van der Waals surface area contributed by atoms with Crippen LogP contribution in [0.1, 0.15) is 49.2 Å². The summed E-state index contributed by atoms with van der Waals surface area (Å²) in [7, 11) is 0. The Morgan fingerprint density at radius 3 is 2.69 bits per heavy atom. The Balaban J connectivity index is 1.39. The zero-order valence-electron chi connectivity index (χ0n) is 20.9. The number of likely N-dealkylation sites (tertiary alicyclic amines) is 1. The lowest BCUT2D eigenvalue weighted by molar-refractivity contribution is -0.143. The summed E-state index contributed by atoms with van der Waals surface area (Å²) in [4.78, 5) is 32.4. The first-order valence-electron chi connectivity index (χ1n) is 12.6. The van der Waals surface area contributed by atoms with Crippen molar-refractivity contribution in [3.05, 3.63) is 51.5 Å². The van der Waals surface area contributed by atoms with Gasteiger partial charge in [0.1, 0.15) is 0 Å². The highest BCUT2D eigenvalue weighted by atomic mass is 35.5. The van der Waals surface area contributed by atoms with E-state index in [-0.39, 0.29) is 41.4 Å². The van der Waals surface area contributed by atoms with Crippen molar-refractivity contribution in [2.75, 3.05) is 13.1 Å². The van der Waals surface area contributed by atoms with Gasteiger partial charge in [0.2, 0.25) is 11.8 Å². The maximum atomic E-state index is 12.7. The normalized spacial score (nSPS) is 25.9. The Labute approximate surface area is 220 Å². The molecule has 2 amide bonds. The van der Waals surface area contributed by atoms with Gasteiger partial charge in [-0.1, -0.05) is 11.6 Å². The highest BCUT2D eigenvalue weighted by Gasteiger charge is 2.60. The molecule has 6 rings (SSSR count). The maximum absolute atomic E-state index is 12.7. The van der Waals surface area contributed by atoms with E-state index in [0.717, 1.165) is 51.3 Å². The molecule has 188 valence electrons. The van der Waals surface area contributed by atoms with Gasteiger partial charge < -0.3 is 10.1 Å². The third-order valence-corrected chi connectivity index (χ3v) is 9.24. The molecule has 3 fully saturated rings. The van der Waals surface area contributed by atoms with Crippen molar-refractivity contribution < 1.29 is 14.3 Å². The average Bonchev–Trinajstić information content (AvgIpc) is 3.43. The molecule has 6 nitrogen and oxygen atoms in total. The van der Waals surface area contributed by atoms with Crippen molar-refractivity contribution in [3.8, 4) is 11.1 Å². The van der Waals surface area contributed by atoms with E-state index in [4.69, 9.17) is 16.3 Å². The van der Waals surface area contributed by atoms with Gasteiger partial charge in [-0.05, 0) is 75.1 Å². The number of imide groups is 1. The zero-order chi connectivity index (χ0) is 25.4. The maximum Gasteiger partial charge on any atom is 0.233 e. The summed E-state index contributed by atoms with van der Waals surface area (Å²) in [5.41, 5.74) is 5.14. The van der Waals surface area contributed by atoms with Crippen LogP contribution in [0.5, 0.6) is 0 Å². The van der Waals surface area contributed by atoms with Crippen molar-refractivity contribution in [1.29, 1.82) is 0 Å². The number of hydrogen-bond acceptors (Lipinski definition) is 6. The Bertz CT molecular complexity index is 1380. The fourth-order valence-electron chi connectivity index (χ4n) is 5.78. The molecule has 1 aromatic carbocycles. The van der Waals surface area contributed by atoms with Gasteiger partial charge in [-0.15, -0.1) is 11.3 Å². The van der Waals surface area contributed by atoms with E-state index in [1.807, 2.05) is 37.4 Å². The van der Waals surface area contributed by atoms with Crippen LogP contribution in [0.2, 0.25) is 5.02 Å². The monoisotopic (exact) mass is 523 g/mol. The van der Waals surface area contributed by atoms with Crippen LogP contribution in [-0.2, 0) is 20.7 Å². The Morgan fingerprint density at radius 2 is 1.97 bits per heavy atom. The SMILES string of the molecule is Cc1cc(Cl)cc(-c2ccnc3cc([C@H](C)N4C(=O)C5CC5C4=O)sc23)c1C[C@@H]1CNCC(C)(C)O1. The van der Waals surface area contributed by atoms with Crippen molar-refractivity contribution in [1.82, 2.24) is 15.2 Å². The molecule has 3 aromatic rings. The van der Waals surface area contributed by atoms with Crippen LogP contribution in [0.15, 0.2) is 30.5 Å². The molecule has 4 heterocycles. The van der Waals surface area contributed by atoms with Crippen LogP contribution >= 0.6 is 22.9 Å². The molecular weight excluding hydrogens is 494 g/mol.